The van der Waals surface area contributed by atoms with E-state index in [0.717, 1.165) is 53.6 Å². The molecule has 0 unspecified atom stereocenters. The van der Waals surface area contributed by atoms with E-state index in [-0.39, 0.29) is 0 Å². The molecule has 26 heavy (non-hydrogen) atoms. The zero-order valence-electron chi connectivity index (χ0n) is 14.6. The van der Waals surface area contributed by atoms with E-state index >= 15 is 0 Å². The van der Waals surface area contributed by atoms with Crippen LogP contribution in [0.15, 0.2) is 48.8 Å². The maximum atomic E-state index is 6.14. The van der Waals surface area contributed by atoms with Crippen LogP contribution in [0.3, 0.4) is 0 Å². The highest BCUT2D eigenvalue weighted by atomic mass is 16.5. The molecule has 0 bridgehead atoms. The lowest BCUT2D eigenvalue weighted by molar-refractivity contribution is 0.289. The van der Waals surface area contributed by atoms with Gasteiger partial charge in [0.2, 0.25) is 0 Å². The van der Waals surface area contributed by atoms with Crippen LogP contribution in [0.1, 0.15) is 28.7 Å². The summed E-state index contributed by atoms with van der Waals surface area (Å²) >= 11 is 0. The third-order valence-electron chi connectivity index (χ3n) is 5.03. The van der Waals surface area contributed by atoms with Gasteiger partial charge in [0.1, 0.15) is 17.4 Å². The van der Waals surface area contributed by atoms with Gasteiger partial charge in [-0.3, -0.25) is 4.90 Å². The third-order valence-corrected chi connectivity index (χ3v) is 5.03. The second kappa shape index (κ2) is 5.99. The Balaban J connectivity index is 1.81. The molecule has 0 N–H and O–H groups in total. The Hall–Kier alpha value is -3.14. The minimum atomic E-state index is 0.750. The number of fused-ring (bicyclic) bond motifs is 3. The number of rotatable bonds is 1. The maximum absolute atomic E-state index is 6.14. The number of anilines is 3. The van der Waals surface area contributed by atoms with Crippen molar-refractivity contribution in [2.45, 2.75) is 19.8 Å². The molecule has 128 valence electrons. The molecule has 0 amide bonds. The topological polar surface area (TPSA) is 38.2 Å². The van der Waals surface area contributed by atoms with Gasteiger partial charge >= 0.3 is 0 Å². The van der Waals surface area contributed by atoms with Crippen molar-refractivity contribution in [1.82, 2.24) is 9.97 Å². The van der Waals surface area contributed by atoms with Crippen LogP contribution in [0.4, 0.5) is 17.3 Å². The van der Waals surface area contributed by atoms with Gasteiger partial charge in [0.25, 0.3) is 0 Å². The molecule has 0 saturated carbocycles. The summed E-state index contributed by atoms with van der Waals surface area (Å²) < 4.78 is 6.14. The normalized spacial score (nSPS) is 14.7. The van der Waals surface area contributed by atoms with Crippen LogP contribution in [0.25, 0.3) is 12.2 Å². The first-order valence-corrected chi connectivity index (χ1v) is 8.96. The smallest absolute Gasteiger partial charge is 0.146 e. The number of aromatic nitrogens is 2. The van der Waals surface area contributed by atoms with Crippen molar-refractivity contribution in [2.24, 2.45) is 0 Å². The number of hydrogen-bond acceptors (Lipinski definition) is 4. The molecule has 2 aliphatic heterocycles. The summed E-state index contributed by atoms with van der Waals surface area (Å²) in [6.07, 6.45) is 9.96. The lowest BCUT2D eigenvalue weighted by atomic mass is 9.99. The van der Waals surface area contributed by atoms with Gasteiger partial charge in [-0.15, -0.1) is 0 Å². The van der Waals surface area contributed by atoms with Crippen LogP contribution in [-0.4, -0.2) is 16.6 Å². The zero-order chi connectivity index (χ0) is 17.5. The van der Waals surface area contributed by atoms with Gasteiger partial charge in [0.05, 0.1) is 12.3 Å². The average molecular weight is 341 g/mol. The Labute approximate surface area is 152 Å². The van der Waals surface area contributed by atoms with Crippen LogP contribution in [0.2, 0.25) is 0 Å². The van der Waals surface area contributed by atoms with E-state index in [1.54, 1.807) is 0 Å². The van der Waals surface area contributed by atoms with Crippen LogP contribution in [0.5, 0.6) is 5.75 Å². The van der Waals surface area contributed by atoms with E-state index in [1.807, 2.05) is 24.5 Å². The molecular formula is C22H19N3O. The molecule has 0 aliphatic carbocycles. The van der Waals surface area contributed by atoms with E-state index in [2.05, 4.69) is 58.2 Å². The predicted molar refractivity (Wildman–Crippen MR) is 104 cm³/mol. The summed E-state index contributed by atoms with van der Waals surface area (Å²) in [6.45, 7) is 2.90. The molecule has 0 saturated heterocycles. The fraction of sp³-hybridized carbons (Fsp3) is 0.182. The zero-order valence-corrected chi connectivity index (χ0v) is 14.6. The van der Waals surface area contributed by atoms with Crippen molar-refractivity contribution in [2.75, 3.05) is 11.5 Å². The van der Waals surface area contributed by atoms with E-state index in [1.165, 1.54) is 11.1 Å². The standard InChI is InChI=1S/C22H19N3O/c1-15-8-11-19(20-18(15)7-4-14-26-20)25-21-16(5-2-12-23-21)9-10-17-6-3-13-24-22(17)25/h2-3,5-6,8-13H,4,7,14H2,1H3. The number of ether oxygens (including phenoxy) is 1. The molecule has 4 nitrogen and oxygen atoms in total. The summed E-state index contributed by atoms with van der Waals surface area (Å²) in [5, 5.41) is 0. The fourth-order valence-corrected chi connectivity index (χ4v) is 3.75. The lowest BCUT2D eigenvalue weighted by Gasteiger charge is -2.30. The van der Waals surface area contributed by atoms with Gasteiger partial charge in [-0.25, -0.2) is 9.97 Å². The van der Waals surface area contributed by atoms with Gasteiger partial charge in [-0.05, 0) is 61.2 Å². The van der Waals surface area contributed by atoms with Gasteiger partial charge in [-0.2, -0.15) is 0 Å². The second-order valence-corrected chi connectivity index (χ2v) is 6.66. The van der Waals surface area contributed by atoms with E-state index in [9.17, 15) is 0 Å². The first kappa shape index (κ1) is 15.1. The highest BCUT2D eigenvalue weighted by Gasteiger charge is 2.27. The first-order chi connectivity index (χ1) is 12.8. The molecule has 1 aromatic carbocycles. The van der Waals surface area contributed by atoms with E-state index in [4.69, 9.17) is 4.74 Å². The number of benzene rings is 1. The maximum Gasteiger partial charge on any atom is 0.146 e. The number of aryl methyl sites for hydroxylation is 1. The molecular weight excluding hydrogens is 322 g/mol. The van der Waals surface area contributed by atoms with Crippen LogP contribution in [0, 0.1) is 6.92 Å². The number of pyridine rings is 2. The summed E-state index contributed by atoms with van der Waals surface area (Å²) in [5.41, 5.74) is 5.71. The van der Waals surface area contributed by atoms with Gasteiger partial charge in [0, 0.05) is 23.5 Å². The Morgan fingerprint density at radius 2 is 1.62 bits per heavy atom. The SMILES string of the molecule is Cc1ccc(N2c3ncccc3C=Cc3cccnc32)c2c1CCCO2. The number of nitrogens with zero attached hydrogens (tertiary/aromatic N) is 3. The molecule has 0 spiro atoms. The highest BCUT2D eigenvalue weighted by molar-refractivity contribution is 5.91. The molecule has 2 aromatic heterocycles. The lowest BCUT2D eigenvalue weighted by Crippen LogP contribution is -2.19. The monoisotopic (exact) mass is 341 g/mol. The quantitative estimate of drug-likeness (QED) is 0.485. The number of hydrogen-bond donors (Lipinski definition) is 0. The summed E-state index contributed by atoms with van der Waals surface area (Å²) in [6, 6.07) is 12.4. The summed E-state index contributed by atoms with van der Waals surface area (Å²) in [5.74, 6) is 2.72. The Bertz CT molecular complexity index is 976. The Morgan fingerprint density at radius 3 is 2.31 bits per heavy atom. The fourth-order valence-electron chi connectivity index (χ4n) is 3.75. The summed E-state index contributed by atoms with van der Waals surface area (Å²) in [4.78, 5) is 11.5. The Kier molecular flexibility index (Phi) is 3.49. The highest BCUT2D eigenvalue weighted by Crippen LogP contribution is 2.46. The third kappa shape index (κ3) is 2.30. The van der Waals surface area contributed by atoms with Crippen molar-refractivity contribution < 1.29 is 4.74 Å². The van der Waals surface area contributed by atoms with Crippen molar-refractivity contribution in [3.05, 3.63) is 71.0 Å². The average Bonchev–Trinajstić information content (AvgIpc) is 2.86. The molecule has 4 heterocycles. The van der Waals surface area contributed by atoms with Crippen LogP contribution < -0.4 is 9.64 Å². The van der Waals surface area contributed by atoms with Crippen molar-refractivity contribution in [3.63, 3.8) is 0 Å². The van der Waals surface area contributed by atoms with Gasteiger partial charge in [-0.1, -0.05) is 18.2 Å². The molecule has 0 atom stereocenters. The molecule has 2 aliphatic rings. The minimum Gasteiger partial charge on any atom is -0.491 e. The van der Waals surface area contributed by atoms with Gasteiger partial charge < -0.3 is 4.74 Å². The summed E-state index contributed by atoms with van der Waals surface area (Å²) in [7, 11) is 0. The van der Waals surface area contributed by atoms with E-state index < -0.39 is 0 Å². The van der Waals surface area contributed by atoms with Crippen LogP contribution >= 0.6 is 0 Å². The minimum absolute atomic E-state index is 0.750. The molecule has 0 fully saturated rings. The van der Waals surface area contributed by atoms with E-state index in [0.29, 0.717) is 0 Å². The first-order valence-electron chi connectivity index (χ1n) is 8.96. The van der Waals surface area contributed by atoms with Crippen molar-refractivity contribution >= 4 is 29.5 Å². The van der Waals surface area contributed by atoms with Crippen molar-refractivity contribution in [1.29, 1.82) is 0 Å². The van der Waals surface area contributed by atoms with Crippen LogP contribution in [-0.2, 0) is 6.42 Å². The van der Waals surface area contributed by atoms with Crippen molar-refractivity contribution in [3.8, 4) is 5.75 Å². The predicted octanol–water partition coefficient (Wildman–Crippen LogP) is 5.06. The van der Waals surface area contributed by atoms with Gasteiger partial charge in [0.15, 0.2) is 0 Å². The second-order valence-electron chi connectivity index (χ2n) is 6.66. The molecule has 5 rings (SSSR count). The molecule has 0 radical (unpaired) electrons. The molecule has 3 aromatic rings. The Morgan fingerprint density at radius 1 is 0.923 bits per heavy atom. The largest absolute Gasteiger partial charge is 0.491 e. The molecule has 4 heteroatoms.